The Kier molecular flexibility index (Phi) is 4.61. The molecule has 148 valence electrons. The molecule has 5 aromatic rings. The van der Waals surface area contributed by atoms with Gasteiger partial charge in [0, 0.05) is 22.7 Å². The standard InChI is InChI=1S/C22H19N7S/c1-13(15-11-25-29-19(15)23)26-21-18-16(14-7-3-2-4-8-14)12-30-22(18)28-20(27-21)17-9-5-6-10-24-17/h2-13H,1H3,(H3,23,25,29)(H,26,27,28). The van der Waals surface area contributed by atoms with Crippen LogP contribution in [0.1, 0.15) is 18.5 Å². The van der Waals surface area contributed by atoms with Crippen LogP contribution >= 0.6 is 11.3 Å². The fraction of sp³-hybridized carbons (Fsp3) is 0.0909. The highest BCUT2D eigenvalue weighted by Gasteiger charge is 2.19. The molecule has 0 saturated carbocycles. The molecular weight excluding hydrogens is 394 g/mol. The predicted octanol–water partition coefficient (Wildman–Crippen LogP) is 4.90. The zero-order chi connectivity index (χ0) is 20.5. The van der Waals surface area contributed by atoms with Crippen LogP contribution in [-0.4, -0.2) is 25.1 Å². The molecule has 5 rings (SSSR count). The number of anilines is 2. The predicted molar refractivity (Wildman–Crippen MR) is 121 cm³/mol. The third-order valence-electron chi connectivity index (χ3n) is 4.93. The molecule has 0 amide bonds. The van der Waals surface area contributed by atoms with Crippen molar-refractivity contribution < 1.29 is 0 Å². The summed E-state index contributed by atoms with van der Waals surface area (Å²) in [5.74, 6) is 1.87. The van der Waals surface area contributed by atoms with Gasteiger partial charge >= 0.3 is 0 Å². The van der Waals surface area contributed by atoms with E-state index in [4.69, 9.17) is 15.7 Å². The van der Waals surface area contributed by atoms with E-state index in [-0.39, 0.29) is 6.04 Å². The molecule has 30 heavy (non-hydrogen) atoms. The highest BCUT2D eigenvalue weighted by molar-refractivity contribution is 7.17. The Bertz CT molecular complexity index is 1300. The second-order valence-corrected chi connectivity index (χ2v) is 7.77. The number of aromatic amines is 1. The molecule has 7 nitrogen and oxygen atoms in total. The van der Waals surface area contributed by atoms with Crippen molar-refractivity contribution in [2.45, 2.75) is 13.0 Å². The van der Waals surface area contributed by atoms with E-state index < -0.39 is 0 Å². The summed E-state index contributed by atoms with van der Waals surface area (Å²) < 4.78 is 0. The van der Waals surface area contributed by atoms with E-state index in [1.165, 1.54) is 0 Å². The second kappa shape index (κ2) is 7.57. The molecule has 0 aliphatic heterocycles. The van der Waals surface area contributed by atoms with Crippen molar-refractivity contribution in [1.82, 2.24) is 25.1 Å². The van der Waals surface area contributed by atoms with Crippen LogP contribution < -0.4 is 11.1 Å². The third kappa shape index (κ3) is 3.27. The molecule has 4 aromatic heterocycles. The van der Waals surface area contributed by atoms with Gasteiger partial charge in [0.1, 0.15) is 22.2 Å². The lowest BCUT2D eigenvalue weighted by molar-refractivity contribution is 0.880. The first-order valence-corrected chi connectivity index (χ1v) is 10.4. The minimum absolute atomic E-state index is 0.0954. The topological polar surface area (TPSA) is 105 Å². The number of nitrogen functional groups attached to an aromatic ring is 1. The Morgan fingerprint density at radius 3 is 2.63 bits per heavy atom. The third-order valence-corrected chi connectivity index (χ3v) is 5.80. The fourth-order valence-electron chi connectivity index (χ4n) is 3.42. The first-order valence-electron chi connectivity index (χ1n) is 9.52. The minimum Gasteiger partial charge on any atom is -0.384 e. The molecule has 4 heterocycles. The Morgan fingerprint density at radius 2 is 1.90 bits per heavy atom. The number of nitrogens with one attached hydrogen (secondary N) is 2. The number of hydrogen-bond donors (Lipinski definition) is 3. The smallest absolute Gasteiger partial charge is 0.181 e. The normalized spacial score (nSPS) is 12.2. The molecule has 8 heteroatoms. The Morgan fingerprint density at radius 1 is 1.07 bits per heavy atom. The molecule has 1 unspecified atom stereocenters. The van der Waals surface area contributed by atoms with Crippen molar-refractivity contribution in [2.75, 3.05) is 11.1 Å². The summed E-state index contributed by atoms with van der Waals surface area (Å²) in [6.07, 6.45) is 3.48. The number of nitrogens with zero attached hydrogens (tertiary/aromatic N) is 4. The molecule has 4 N–H and O–H groups in total. The SMILES string of the molecule is CC(Nc1nc(-c2ccccn2)nc2scc(-c3ccccc3)c12)c1cn[nH]c1N. The molecule has 0 radical (unpaired) electrons. The summed E-state index contributed by atoms with van der Waals surface area (Å²) in [4.78, 5) is 15.0. The number of hydrogen-bond acceptors (Lipinski definition) is 7. The van der Waals surface area contributed by atoms with Crippen LogP contribution in [0.4, 0.5) is 11.6 Å². The van der Waals surface area contributed by atoms with Crippen molar-refractivity contribution in [1.29, 1.82) is 0 Å². The van der Waals surface area contributed by atoms with Crippen LogP contribution in [0.15, 0.2) is 66.3 Å². The van der Waals surface area contributed by atoms with Gasteiger partial charge in [-0.2, -0.15) is 5.10 Å². The highest BCUT2D eigenvalue weighted by atomic mass is 32.1. The van der Waals surface area contributed by atoms with Gasteiger partial charge in [-0.05, 0) is 24.6 Å². The minimum atomic E-state index is -0.0954. The number of aromatic nitrogens is 5. The summed E-state index contributed by atoms with van der Waals surface area (Å²) in [7, 11) is 0. The van der Waals surface area contributed by atoms with E-state index in [1.54, 1.807) is 23.7 Å². The van der Waals surface area contributed by atoms with E-state index in [0.29, 0.717) is 11.6 Å². The van der Waals surface area contributed by atoms with Crippen molar-refractivity contribution >= 4 is 33.2 Å². The number of thiophene rings is 1. The quantitative estimate of drug-likeness (QED) is 0.378. The molecule has 0 aliphatic carbocycles. The van der Waals surface area contributed by atoms with Crippen LogP contribution in [0.5, 0.6) is 0 Å². The van der Waals surface area contributed by atoms with Gasteiger partial charge in [-0.25, -0.2) is 9.97 Å². The van der Waals surface area contributed by atoms with Crippen LogP contribution in [0.25, 0.3) is 32.9 Å². The molecule has 0 aliphatic rings. The molecule has 0 spiro atoms. The highest BCUT2D eigenvalue weighted by Crippen LogP contribution is 2.39. The lowest BCUT2D eigenvalue weighted by Crippen LogP contribution is -2.10. The van der Waals surface area contributed by atoms with Gasteiger partial charge in [-0.3, -0.25) is 10.1 Å². The lowest BCUT2D eigenvalue weighted by Gasteiger charge is -2.16. The first kappa shape index (κ1) is 18.3. The maximum absolute atomic E-state index is 6.03. The van der Waals surface area contributed by atoms with Gasteiger partial charge in [0.15, 0.2) is 5.82 Å². The van der Waals surface area contributed by atoms with Crippen LogP contribution in [0.3, 0.4) is 0 Å². The zero-order valence-corrected chi connectivity index (χ0v) is 17.0. The van der Waals surface area contributed by atoms with Crippen molar-refractivity contribution in [3.63, 3.8) is 0 Å². The van der Waals surface area contributed by atoms with Gasteiger partial charge in [0.25, 0.3) is 0 Å². The summed E-state index contributed by atoms with van der Waals surface area (Å²) in [6, 6.07) is 15.9. The average molecular weight is 414 g/mol. The van der Waals surface area contributed by atoms with Crippen LogP contribution in [0.2, 0.25) is 0 Å². The second-order valence-electron chi connectivity index (χ2n) is 6.91. The monoisotopic (exact) mass is 413 g/mol. The van der Waals surface area contributed by atoms with E-state index in [1.807, 2.05) is 43.3 Å². The van der Waals surface area contributed by atoms with Gasteiger partial charge < -0.3 is 11.1 Å². The lowest BCUT2D eigenvalue weighted by atomic mass is 10.1. The maximum Gasteiger partial charge on any atom is 0.181 e. The van der Waals surface area contributed by atoms with Gasteiger partial charge in [-0.1, -0.05) is 36.4 Å². The van der Waals surface area contributed by atoms with Crippen molar-refractivity contribution in [3.8, 4) is 22.6 Å². The van der Waals surface area contributed by atoms with Crippen molar-refractivity contribution in [2.24, 2.45) is 0 Å². The van der Waals surface area contributed by atoms with Crippen molar-refractivity contribution in [3.05, 3.63) is 71.9 Å². The van der Waals surface area contributed by atoms with E-state index in [9.17, 15) is 0 Å². The zero-order valence-electron chi connectivity index (χ0n) is 16.2. The summed E-state index contributed by atoms with van der Waals surface area (Å²) in [5, 5.41) is 13.5. The molecule has 0 bridgehead atoms. The number of H-pyrrole nitrogens is 1. The van der Waals surface area contributed by atoms with Gasteiger partial charge in [-0.15, -0.1) is 11.3 Å². The fourth-order valence-corrected chi connectivity index (χ4v) is 4.37. The summed E-state index contributed by atoms with van der Waals surface area (Å²) >= 11 is 1.60. The number of nitrogens with two attached hydrogens (primary N) is 1. The van der Waals surface area contributed by atoms with E-state index in [0.717, 1.165) is 38.4 Å². The van der Waals surface area contributed by atoms with E-state index in [2.05, 4.69) is 38.0 Å². The van der Waals surface area contributed by atoms with Gasteiger partial charge in [0.2, 0.25) is 0 Å². The summed E-state index contributed by atoms with van der Waals surface area (Å²) in [5.41, 5.74) is 9.86. The molecule has 1 atom stereocenters. The number of benzene rings is 1. The Balaban J connectivity index is 1.68. The number of fused-ring (bicyclic) bond motifs is 1. The molecule has 1 aromatic carbocycles. The number of rotatable bonds is 5. The maximum atomic E-state index is 6.03. The van der Waals surface area contributed by atoms with Crippen LogP contribution in [-0.2, 0) is 0 Å². The molecule has 0 fully saturated rings. The largest absolute Gasteiger partial charge is 0.384 e. The first-order chi connectivity index (χ1) is 14.7. The van der Waals surface area contributed by atoms with E-state index >= 15 is 0 Å². The average Bonchev–Trinajstić information content (AvgIpc) is 3.41. The van der Waals surface area contributed by atoms with Gasteiger partial charge in [0.05, 0.1) is 17.6 Å². The number of pyridine rings is 1. The van der Waals surface area contributed by atoms with Crippen LogP contribution in [0, 0.1) is 0 Å². The molecular formula is C22H19N7S. The Hall–Kier alpha value is -3.78. The molecule has 0 saturated heterocycles. The Labute approximate surface area is 177 Å². The summed E-state index contributed by atoms with van der Waals surface area (Å²) in [6.45, 7) is 2.03.